The summed E-state index contributed by atoms with van der Waals surface area (Å²) in [6.45, 7) is 11.1. The minimum Gasteiger partial charge on any atom is -0.378 e. The first-order valence-electron chi connectivity index (χ1n) is 11.1. The zero-order valence-corrected chi connectivity index (χ0v) is 17.5. The lowest BCUT2D eigenvalue weighted by Crippen LogP contribution is -2.48. The Hall–Kier alpha value is -2.58. The van der Waals surface area contributed by atoms with Crippen LogP contribution < -0.4 is 24.9 Å². The zero-order valence-electron chi connectivity index (χ0n) is 17.5. The zero-order chi connectivity index (χ0) is 20.2. The third-order valence-electron chi connectivity index (χ3n) is 6.15. The average Bonchev–Trinajstić information content (AvgIpc) is 2.85. The van der Waals surface area contributed by atoms with Gasteiger partial charge in [0.05, 0.1) is 13.2 Å². The molecule has 1 N–H and O–H groups in total. The molecule has 0 saturated carbocycles. The van der Waals surface area contributed by atoms with E-state index in [1.165, 1.54) is 5.69 Å². The van der Waals surface area contributed by atoms with Gasteiger partial charge in [-0.25, -0.2) is 0 Å². The molecule has 2 aromatic rings. The summed E-state index contributed by atoms with van der Waals surface area (Å²) in [6.07, 6.45) is 0. The lowest BCUT2D eigenvalue weighted by Gasteiger charge is -2.37. The first-order chi connectivity index (χ1) is 14.9. The maximum atomic E-state index is 5.55. The molecule has 8 nitrogen and oxygen atoms in total. The van der Waals surface area contributed by atoms with Gasteiger partial charge in [0.15, 0.2) is 0 Å². The second kappa shape index (κ2) is 9.06. The largest absolute Gasteiger partial charge is 0.378 e. The molecule has 0 atom stereocenters. The highest BCUT2D eigenvalue weighted by molar-refractivity contribution is 5.57. The molecule has 3 fully saturated rings. The van der Waals surface area contributed by atoms with Gasteiger partial charge in [-0.05, 0) is 12.1 Å². The lowest BCUT2D eigenvalue weighted by atomic mass is 10.2. The summed E-state index contributed by atoms with van der Waals surface area (Å²) in [4.78, 5) is 19.5. The molecule has 1 aromatic carbocycles. The molecule has 0 bridgehead atoms. The van der Waals surface area contributed by atoms with Crippen molar-refractivity contribution < 1.29 is 4.74 Å². The van der Waals surface area contributed by atoms with Gasteiger partial charge < -0.3 is 29.7 Å². The number of benzene rings is 1. The van der Waals surface area contributed by atoms with Crippen molar-refractivity contribution in [3.8, 4) is 0 Å². The van der Waals surface area contributed by atoms with E-state index in [2.05, 4.69) is 61.3 Å². The Morgan fingerprint density at radius 3 is 1.93 bits per heavy atom. The number of rotatable bonds is 4. The highest BCUT2D eigenvalue weighted by atomic mass is 16.5. The second-order valence-corrected chi connectivity index (χ2v) is 8.03. The van der Waals surface area contributed by atoms with Crippen molar-refractivity contribution in [1.82, 2.24) is 15.3 Å². The van der Waals surface area contributed by atoms with E-state index >= 15 is 0 Å². The van der Waals surface area contributed by atoms with Crippen LogP contribution in [0.5, 0.6) is 0 Å². The Morgan fingerprint density at radius 1 is 0.667 bits per heavy atom. The minimum atomic E-state index is 0.762. The number of morpholine rings is 1. The van der Waals surface area contributed by atoms with E-state index in [1.54, 1.807) is 0 Å². The Morgan fingerprint density at radius 2 is 1.27 bits per heavy atom. The molecule has 0 unspecified atom stereocenters. The van der Waals surface area contributed by atoms with Crippen molar-refractivity contribution in [2.75, 3.05) is 98.3 Å². The summed E-state index contributed by atoms with van der Waals surface area (Å²) >= 11 is 0. The summed E-state index contributed by atoms with van der Waals surface area (Å²) in [5.41, 5.74) is 1.29. The van der Waals surface area contributed by atoms with Crippen LogP contribution in [0.1, 0.15) is 0 Å². The number of hydrogen-bond donors (Lipinski definition) is 1. The Labute approximate surface area is 178 Å². The molecule has 0 aliphatic carbocycles. The summed E-state index contributed by atoms with van der Waals surface area (Å²) < 4.78 is 5.55. The van der Waals surface area contributed by atoms with Crippen LogP contribution in [-0.4, -0.2) is 88.6 Å². The van der Waals surface area contributed by atoms with E-state index < -0.39 is 0 Å². The van der Waals surface area contributed by atoms with Crippen molar-refractivity contribution in [2.45, 2.75) is 0 Å². The molecule has 4 heterocycles. The van der Waals surface area contributed by atoms with Crippen LogP contribution in [0.25, 0.3) is 0 Å². The molecular weight excluding hydrogens is 378 g/mol. The Balaban J connectivity index is 1.36. The first-order valence-corrected chi connectivity index (χ1v) is 11.1. The van der Waals surface area contributed by atoms with Gasteiger partial charge in [-0.15, -0.1) is 0 Å². The lowest BCUT2D eigenvalue weighted by molar-refractivity contribution is 0.122. The highest BCUT2D eigenvalue weighted by Crippen LogP contribution is 2.25. The molecule has 5 rings (SSSR count). The van der Waals surface area contributed by atoms with Crippen LogP contribution in [0.2, 0.25) is 0 Å². The topological polar surface area (TPSA) is 60.0 Å². The number of para-hydroxylation sites is 1. The van der Waals surface area contributed by atoms with Gasteiger partial charge in [0.25, 0.3) is 0 Å². The minimum absolute atomic E-state index is 0.762. The fraction of sp³-hybridized carbons (Fsp3) is 0.545. The van der Waals surface area contributed by atoms with Crippen molar-refractivity contribution in [3.05, 3.63) is 36.4 Å². The van der Waals surface area contributed by atoms with E-state index in [9.17, 15) is 0 Å². The SMILES string of the molecule is c1ccc(N2CCN(c3nc(N4CCNCC4)cc(N4CCOCC4)n3)CC2)cc1. The molecule has 0 spiro atoms. The van der Waals surface area contributed by atoms with Gasteiger partial charge in [-0.2, -0.15) is 9.97 Å². The third kappa shape index (κ3) is 4.29. The van der Waals surface area contributed by atoms with Crippen LogP contribution in [-0.2, 0) is 4.74 Å². The number of hydrogen-bond acceptors (Lipinski definition) is 8. The number of nitrogens with one attached hydrogen (secondary N) is 1. The molecule has 3 aliphatic rings. The summed E-state index contributed by atoms with van der Waals surface area (Å²) in [7, 11) is 0. The molecular formula is C22H31N7O. The van der Waals surface area contributed by atoms with Gasteiger partial charge in [0, 0.05) is 77.2 Å². The Kier molecular flexibility index (Phi) is 5.85. The van der Waals surface area contributed by atoms with Gasteiger partial charge >= 0.3 is 0 Å². The van der Waals surface area contributed by atoms with Gasteiger partial charge in [0.2, 0.25) is 5.95 Å². The molecule has 3 aliphatic heterocycles. The number of ether oxygens (including phenoxy) is 1. The Bertz CT molecular complexity index is 777. The molecule has 0 amide bonds. The molecule has 8 heteroatoms. The smallest absolute Gasteiger partial charge is 0.229 e. The van der Waals surface area contributed by atoms with Crippen molar-refractivity contribution in [1.29, 1.82) is 0 Å². The number of nitrogens with zero attached hydrogens (tertiary/aromatic N) is 6. The maximum absolute atomic E-state index is 5.55. The maximum Gasteiger partial charge on any atom is 0.229 e. The molecule has 0 radical (unpaired) electrons. The van der Waals surface area contributed by atoms with Crippen LogP contribution in [0.15, 0.2) is 36.4 Å². The summed E-state index contributed by atoms with van der Waals surface area (Å²) in [6, 6.07) is 12.8. The van der Waals surface area contributed by atoms with E-state index in [-0.39, 0.29) is 0 Å². The first kappa shape index (κ1) is 19.4. The molecule has 3 saturated heterocycles. The van der Waals surface area contributed by atoms with Crippen molar-refractivity contribution in [2.24, 2.45) is 0 Å². The summed E-state index contributed by atoms with van der Waals surface area (Å²) in [5, 5.41) is 3.43. The monoisotopic (exact) mass is 409 g/mol. The standard InChI is InChI=1S/C22H31N7O/c1-2-4-19(5-3-1)26-10-12-29(13-11-26)22-24-20(27-8-6-23-7-9-27)18-21(25-22)28-14-16-30-17-15-28/h1-5,18,23H,6-17H2. The fourth-order valence-electron chi connectivity index (χ4n) is 4.37. The van der Waals surface area contributed by atoms with Crippen LogP contribution >= 0.6 is 0 Å². The highest BCUT2D eigenvalue weighted by Gasteiger charge is 2.24. The fourth-order valence-corrected chi connectivity index (χ4v) is 4.37. The number of piperazine rings is 2. The van der Waals surface area contributed by atoms with E-state index in [0.29, 0.717) is 0 Å². The molecule has 1 aromatic heterocycles. The van der Waals surface area contributed by atoms with Crippen LogP contribution in [0.4, 0.5) is 23.3 Å². The summed E-state index contributed by atoms with van der Waals surface area (Å²) in [5.74, 6) is 2.94. The van der Waals surface area contributed by atoms with Crippen LogP contribution in [0, 0.1) is 0 Å². The third-order valence-corrected chi connectivity index (χ3v) is 6.15. The quantitative estimate of drug-likeness (QED) is 0.804. The predicted octanol–water partition coefficient (Wildman–Crippen LogP) is 1.05. The van der Waals surface area contributed by atoms with Crippen molar-refractivity contribution in [3.63, 3.8) is 0 Å². The van der Waals surface area contributed by atoms with Gasteiger partial charge in [-0.1, -0.05) is 18.2 Å². The molecule has 30 heavy (non-hydrogen) atoms. The molecule has 160 valence electrons. The van der Waals surface area contributed by atoms with Gasteiger partial charge in [0.1, 0.15) is 11.6 Å². The van der Waals surface area contributed by atoms with Crippen molar-refractivity contribution >= 4 is 23.3 Å². The average molecular weight is 410 g/mol. The normalized spacial score (nSPS) is 20.5. The number of aromatic nitrogens is 2. The van der Waals surface area contributed by atoms with Gasteiger partial charge in [-0.3, -0.25) is 0 Å². The predicted molar refractivity (Wildman–Crippen MR) is 121 cm³/mol. The number of anilines is 4. The van der Waals surface area contributed by atoms with E-state index in [0.717, 1.165) is 96.2 Å². The van der Waals surface area contributed by atoms with Crippen LogP contribution in [0.3, 0.4) is 0 Å². The van der Waals surface area contributed by atoms with E-state index in [1.807, 2.05) is 0 Å². The van der Waals surface area contributed by atoms with E-state index in [4.69, 9.17) is 14.7 Å². The second-order valence-electron chi connectivity index (χ2n) is 8.03.